The highest BCUT2D eigenvalue weighted by atomic mass is 16.1. The second kappa shape index (κ2) is 9.62. The number of rotatable bonds is 7. The van der Waals surface area contributed by atoms with Crippen molar-refractivity contribution in [3.63, 3.8) is 0 Å². The van der Waals surface area contributed by atoms with Gasteiger partial charge in [0.05, 0.1) is 34.5 Å². The van der Waals surface area contributed by atoms with Crippen LogP contribution in [0.3, 0.4) is 0 Å². The lowest BCUT2D eigenvalue weighted by Crippen LogP contribution is -2.11. The third kappa shape index (κ3) is 4.42. The van der Waals surface area contributed by atoms with Gasteiger partial charge < -0.3 is 10.3 Å². The van der Waals surface area contributed by atoms with Gasteiger partial charge in [-0.3, -0.25) is 24.8 Å². The molecule has 6 rings (SSSR count). The van der Waals surface area contributed by atoms with Crippen molar-refractivity contribution in [2.24, 2.45) is 0 Å². The smallest absolute Gasteiger partial charge is 0.224 e. The number of amides is 1. The van der Waals surface area contributed by atoms with Crippen molar-refractivity contribution < 1.29 is 4.79 Å². The third-order valence-corrected chi connectivity index (χ3v) is 6.22. The first-order valence-corrected chi connectivity index (χ1v) is 12.2. The fourth-order valence-corrected chi connectivity index (χ4v) is 4.37. The lowest BCUT2D eigenvalue weighted by molar-refractivity contribution is -0.116. The number of aromatic nitrogens is 7. The van der Waals surface area contributed by atoms with E-state index in [1.807, 2.05) is 42.5 Å². The van der Waals surface area contributed by atoms with E-state index in [9.17, 15) is 4.79 Å². The molecule has 6 heterocycles. The number of nitrogens with zero attached hydrogens (tertiary/aromatic N) is 5. The quantitative estimate of drug-likeness (QED) is 0.263. The fourth-order valence-electron chi connectivity index (χ4n) is 4.37. The Bertz CT molecular complexity index is 1720. The van der Waals surface area contributed by atoms with Crippen LogP contribution in [0.5, 0.6) is 0 Å². The van der Waals surface area contributed by atoms with Gasteiger partial charge in [-0.1, -0.05) is 13.3 Å². The number of carbonyl (C=O) groups is 1. The monoisotopic (exact) mass is 488 g/mol. The van der Waals surface area contributed by atoms with E-state index >= 15 is 0 Å². The Hall–Kier alpha value is -4.92. The molecule has 9 heteroatoms. The van der Waals surface area contributed by atoms with E-state index in [-0.39, 0.29) is 5.91 Å². The number of unbranched alkanes of at least 4 members (excludes halogenated alkanes) is 1. The Labute approximate surface area is 212 Å². The maximum Gasteiger partial charge on any atom is 0.224 e. The predicted molar refractivity (Wildman–Crippen MR) is 144 cm³/mol. The molecule has 6 aromatic rings. The number of anilines is 1. The van der Waals surface area contributed by atoms with Crippen molar-refractivity contribution in [2.45, 2.75) is 26.2 Å². The molecule has 182 valence electrons. The molecule has 0 aliphatic carbocycles. The van der Waals surface area contributed by atoms with Crippen molar-refractivity contribution in [1.29, 1.82) is 0 Å². The standard InChI is InChI=1S/C28H24N8O/c1-2-3-6-25(37)32-19-12-18(15-30-16-19)21-7-8-23-27(34-21)28(36-35-23)24-13-20-22(33-24)9-11-31-26(20)17-5-4-10-29-14-17/h4-5,7-16,33H,2-3,6H2,1H3,(H,32,37)(H,35,36). The molecule has 0 aliphatic rings. The van der Waals surface area contributed by atoms with Crippen LogP contribution in [0.15, 0.2) is 73.4 Å². The third-order valence-electron chi connectivity index (χ3n) is 6.22. The number of fused-ring (bicyclic) bond motifs is 2. The second-order valence-electron chi connectivity index (χ2n) is 8.82. The van der Waals surface area contributed by atoms with Gasteiger partial charge in [0.25, 0.3) is 0 Å². The number of nitrogens with one attached hydrogen (secondary N) is 3. The number of carbonyl (C=O) groups excluding carboxylic acids is 1. The van der Waals surface area contributed by atoms with E-state index in [0.717, 1.165) is 63.0 Å². The average Bonchev–Trinajstić information content (AvgIpc) is 3.56. The van der Waals surface area contributed by atoms with Gasteiger partial charge in [0, 0.05) is 53.2 Å². The molecular weight excluding hydrogens is 464 g/mol. The molecule has 37 heavy (non-hydrogen) atoms. The molecule has 0 bridgehead atoms. The zero-order chi connectivity index (χ0) is 25.2. The van der Waals surface area contributed by atoms with Crippen LogP contribution in [-0.4, -0.2) is 41.0 Å². The Balaban J connectivity index is 1.37. The SMILES string of the molecule is CCCCC(=O)Nc1cncc(-c2ccc3[nH]nc(-c4cc5c(-c6cccnc6)nccc5[nH]4)c3n2)c1. The summed E-state index contributed by atoms with van der Waals surface area (Å²) < 4.78 is 0. The van der Waals surface area contributed by atoms with E-state index in [1.165, 1.54) is 0 Å². The summed E-state index contributed by atoms with van der Waals surface area (Å²) in [6, 6.07) is 13.6. The van der Waals surface area contributed by atoms with Gasteiger partial charge in [0.15, 0.2) is 0 Å². The Morgan fingerprint density at radius 2 is 1.86 bits per heavy atom. The second-order valence-corrected chi connectivity index (χ2v) is 8.82. The van der Waals surface area contributed by atoms with Crippen LogP contribution in [0.25, 0.3) is 55.8 Å². The van der Waals surface area contributed by atoms with E-state index in [2.05, 4.69) is 42.4 Å². The summed E-state index contributed by atoms with van der Waals surface area (Å²) in [6.45, 7) is 2.06. The molecule has 0 aromatic carbocycles. The van der Waals surface area contributed by atoms with E-state index in [0.29, 0.717) is 17.8 Å². The lowest BCUT2D eigenvalue weighted by atomic mass is 10.1. The molecule has 0 spiro atoms. The van der Waals surface area contributed by atoms with Crippen molar-refractivity contribution in [3.05, 3.63) is 73.4 Å². The summed E-state index contributed by atoms with van der Waals surface area (Å²) in [4.78, 5) is 33.7. The molecule has 1 amide bonds. The first-order valence-electron chi connectivity index (χ1n) is 12.2. The highest BCUT2D eigenvalue weighted by molar-refractivity contribution is 5.99. The Morgan fingerprint density at radius 3 is 2.73 bits per heavy atom. The minimum Gasteiger partial charge on any atom is -0.353 e. The van der Waals surface area contributed by atoms with Crippen LogP contribution in [0.4, 0.5) is 5.69 Å². The van der Waals surface area contributed by atoms with Crippen molar-refractivity contribution in [1.82, 2.24) is 35.1 Å². The van der Waals surface area contributed by atoms with Gasteiger partial charge in [-0.25, -0.2) is 4.98 Å². The van der Waals surface area contributed by atoms with Gasteiger partial charge in [-0.2, -0.15) is 5.10 Å². The molecule has 0 aliphatic heterocycles. The normalized spacial score (nSPS) is 11.3. The molecule has 0 atom stereocenters. The number of hydrogen-bond donors (Lipinski definition) is 3. The van der Waals surface area contributed by atoms with Gasteiger partial charge in [0.1, 0.15) is 11.2 Å². The average molecular weight is 489 g/mol. The van der Waals surface area contributed by atoms with Gasteiger partial charge in [-0.15, -0.1) is 0 Å². The summed E-state index contributed by atoms with van der Waals surface area (Å²) in [5.41, 5.74) is 8.04. The summed E-state index contributed by atoms with van der Waals surface area (Å²) in [5, 5.41) is 11.5. The van der Waals surface area contributed by atoms with Crippen molar-refractivity contribution >= 4 is 33.5 Å². The van der Waals surface area contributed by atoms with E-state index < -0.39 is 0 Å². The van der Waals surface area contributed by atoms with E-state index in [4.69, 9.17) is 4.98 Å². The van der Waals surface area contributed by atoms with Crippen LogP contribution in [-0.2, 0) is 4.79 Å². The van der Waals surface area contributed by atoms with Gasteiger partial charge >= 0.3 is 0 Å². The number of aromatic amines is 2. The molecule has 0 unspecified atom stereocenters. The van der Waals surface area contributed by atoms with Crippen LogP contribution < -0.4 is 5.32 Å². The molecule has 0 radical (unpaired) electrons. The van der Waals surface area contributed by atoms with Crippen LogP contribution in [0.1, 0.15) is 26.2 Å². The summed E-state index contributed by atoms with van der Waals surface area (Å²) in [5.74, 6) is -0.0136. The largest absolute Gasteiger partial charge is 0.353 e. The van der Waals surface area contributed by atoms with Crippen molar-refractivity contribution in [2.75, 3.05) is 5.32 Å². The maximum absolute atomic E-state index is 12.2. The van der Waals surface area contributed by atoms with E-state index in [1.54, 1.807) is 31.0 Å². The number of H-pyrrole nitrogens is 2. The topological polar surface area (TPSA) is 125 Å². The molecular formula is C28H24N8O. The molecule has 3 N–H and O–H groups in total. The highest BCUT2D eigenvalue weighted by Crippen LogP contribution is 2.33. The van der Waals surface area contributed by atoms with Crippen LogP contribution >= 0.6 is 0 Å². The molecule has 0 saturated heterocycles. The van der Waals surface area contributed by atoms with Gasteiger partial charge in [-0.05, 0) is 48.9 Å². The maximum atomic E-state index is 12.2. The Kier molecular flexibility index (Phi) is 5.86. The minimum atomic E-state index is -0.0136. The van der Waals surface area contributed by atoms with Crippen molar-refractivity contribution in [3.8, 4) is 33.9 Å². The van der Waals surface area contributed by atoms with Gasteiger partial charge in [0.2, 0.25) is 5.91 Å². The fraction of sp³-hybridized carbons (Fsp3) is 0.143. The molecule has 0 saturated carbocycles. The zero-order valence-electron chi connectivity index (χ0n) is 20.2. The summed E-state index contributed by atoms with van der Waals surface area (Å²) in [6.07, 6.45) is 11.0. The summed E-state index contributed by atoms with van der Waals surface area (Å²) in [7, 11) is 0. The Morgan fingerprint density at radius 1 is 0.946 bits per heavy atom. The summed E-state index contributed by atoms with van der Waals surface area (Å²) >= 11 is 0. The molecule has 0 fully saturated rings. The zero-order valence-corrected chi connectivity index (χ0v) is 20.2. The van der Waals surface area contributed by atoms with Crippen LogP contribution in [0, 0.1) is 0 Å². The number of hydrogen-bond acceptors (Lipinski definition) is 6. The highest BCUT2D eigenvalue weighted by Gasteiger charge is 2.16. The lowest BCUT2D eigenvalue weighted by Gasteiger charge is -2.07. The molecule has 9 nitrogen and oxygen atoms in total. The predicted octanol–water partition coefficient (Wildman–Crippen LogP) is 5.75. The molecule has 6 aromatic heterocycles. The first-order chi connectivity index (χ1) is 18.2. The minimum absolute atomic E-state index is 0.0136. The first kappa shape index (κ1) is 22.5. The number of pyridine rings is 4. The van der Waals surface area contributed by atoms with Crippen LogP contribution in [0.2, 0.25) is 0 Å².